The highest BCUT2D eigenvalue weighted by Gasteiger charge is 2.39. The molecule has 1 unspecified atom stereocenters. The van der Waals surface area contributed by atoms with Crippen LogP contribution in [0.4, 0.5) is 11.8 Å². The van der Waals surface area contributed by atoms with Crippen molar-refractivity contribution < 1.29 is 28.7 Å². The lowest BCUT2D eigenvalue weighted by atomic mass is 9.92. The van der Waals surface area contributed by atoms with Gasteiger partial charge in [0.15, 0.2) is 0 Å². The molecule has 0 saturated carbocycles. The number of fused-ring (bicyclic) bond motifs is 2. The molecule has 0 spiro atoms. The van der Waals surface area contributed by atoms with Crippen LogP contribution >= 0.6 is 11.3 Å². The van der Waals surface area contributed by atoms with E-state index in [1.807, 2.05) is 6.07 Å². The number of carbonyl (C=O) groups excluding carboxylic acids is 4. The summed E-state index contributed by atoms with van der Waals surface area (Å²) in [5, 5.41) is 5.91. The van der Waals surface area contributed by atoms with Crippen LogP contribution in [0.5, 0.6) is 0 Å². The quantitative estimate of drug-likeness (QED) is 0.329. The normalized spacial score (nSPS) is 16.7. The highest BCUT2D eigenvalue weighted by atomic mass is 32.1. The Kier molecular flexibility index (Phi) is 9.70. The molecule has 2 aromatic rings. The van der Waals surface area contributed by atoms with Gasteiger partial charge in [0.2, 0.25) is 11.9 Å². The summed E-state index contributed by atoms with van der Waals surface area (Å²) in [5.74, 6) is -0.617. The zero-order chi connectivity index (χ0) is 30.6. The number of hydrogen-bond acceptors (Lipinski definition) is 10. The molecule has 0 radical (unpaired) electrons. The second-order valence-corrected chi connectivity index (χ2v) is 12.8. The van der Waals surface area contributed by atoms with Crippen LogP contribution in [0.1, 0.15) is 79.6 Å². The Hall–Kier alpha value is -3.74. The first-order valence-electron chi connectivity index (χ1n) is 14.3. The third kappa shape index (κ3) is 7.18. The van der Waals surface area contributed by atoms with Crippen LogP contribution in [0.2, 0.25) is 0 Å². The molecule has 2 aliphatic rings. The first-order chi connectivity index (χ1) is 19.9. The van der Waals surface area contributed by atoms with E-state index in [1.165, 1.54) is 4.90 Å². The average Bonchev–Trinajstić information content (AvgIpc) is 3.46. The van der Waals surface area contributed by atoms with Gasteiger partial charge < -0.3 is 19.7 Å². The molecule has 42 heavy (non-hydrogen) atoms. The lowest BCUT2D eigenvalue weighted by Crippen LogP contribution is -2.42. The SMILES string of the molecule is CCOC(=O)CC[C@@H](C(=O)OCC)N1Cc2sc(CCC3CNc4nc(NC(=O)C(C)(C)C)[nH]c(=O)c4C3)cc2C1=O. The number of nitrogens with one attached hydrogen (secondary N) is 3. The highest BCUT2D eigenvalue weighted by molar-refractivity contribution is 7.12. The first-order valence-corrected chi connectivity index (χ1v) is 15.2. The number of hydrogen-bond donors (Lipinski definition) is 3. The molecule has 228 valence electrons. The molecule has 2 amide bonds. The Bertz CT molecular complexity index is 1410. The number of rotatable bonds is 11. The van der Waals surface area contributed by atoms with Crippen LogP contribution in [-0.2, 0) is 43.2 Å². The number of nitrogens with zero attached hydrogens (tertiary/aromatic N) is 2. The Morgan fingerprint density at radius 3 is 2.60 bits per heavy atom. The maximum atomic E-state index is 13.3. The predicted octanol–water partition coefficient (Wildman–Crippen LogP) is 3.26. The average molecular weight is 602 g/mol. The molecule has 0 saturated heterocycles. The Morgan fingerprint density at radius 1 is 1.19 bits per heavy atom. The minimum absolute atomic E-state index is 0.0176. The molecule has 0 aliphatic carbocycles. The van der Waals surface area contributed by atoms with E-state index in [4.69, 9.17) is 9.47 Å². The molecule has 3 N–H and O–H groups in total. The zero-order valence-electron chi connectivity index (χ0n) is 24.8. The Balaban J connectivity index is 1.36. The molecular formula is C29H39N5O7S. The number of ether oxygens (including phenoxy) is 2. The smallest absolute Gasteiger partial charge is 0.328 e. The number of H-pyrrole nitrogens is 1. The summed E-state index contributed by atoms with van der Waals surface area (Å²) >= 11 is 1.54. The lowest BCUT2D eigenvalue weighted by Gasteiger charge is -2.26. The largest absolute Gasteiger partial charge is 0.466 e. The van der Waals surface area contributed by atoms with Crippen molar-refractivity contribution in [1.29, 1.82) is 0 Å². The molecule has 0 fully saturated rings. The van der Waals surface area contributed by atoms with Gasteiger partial charge in [0.1, 0.15) is 11.9 Å². The summed E-state index contributed by atoms with van der Waals surface area (Å²) in [6.45, 7) is 10.1. The fourth-order valence-electron chi connectivity index (χ4n) is 5.01. The van der Waals surface area contributed by atoms with Gasteiger partial charge >= 0.3 is 11.9 Å². The van der Waals surface area contributed by atoms with Gasteiger partial charge in [0.05, 0.1) is 30.9 Å². The van der Waals surface area contributed by atoms with Gasteiger partial charge in [-0.1, -0.05) is 20.8 Å². The minimum atomic E-state index is -0.854. The second-order valence-electron chi connectivity index (χ2n) is 11.5. The lowest BCUT2D eigenvalue weighted by molar-refractivity contribution is -0.150. The number of aromatic nitrogens is 2. The topological polar surface area (TPSA) is 160 Å². The minimum Gasteiger partial charge on any atom is -0.466 e. The number of amides is 2. The van der Waals surface area contributed by atoms with E-state index in [-0.39, 0.29) is 55.3 Å². The van der Waals surface area contributed by atoms with Crippen molar-refractivity contribution in [3.8, 4) is 0 Å². The zero-order valence-corrected chi connectivity index (χ0v) is 25.6. The van der Waals surface area contributed by atoms with Crippen molar-refractivity contribution in [2.75, 3.05) is 30.4 Å². The van der Waals surface area contributed by atoms with Crippen LogP contribution in [0, 0.1) is 11.3 Å². The third-order valence-electron chi connectivity index (χ3n) is 7.31. The summed E-state index contributed by atoms with van der Waals surface area (Å²) in [4.78, 5) is 73.4. The Morgan fingerprint density at radius 2 is 1.93 bits per heavy atom. The number of aryl methyl sites for hydroxylation is 1. The number of esters is 2. The van der Waals surface area contributed by atoms with E-state index in [2.05, 4.69) is 20.6 Å². The van der Waals surface area contributed by atoms with E-state index in [9.17, 15) is 24.0 Å². The molecule has 12 nitrogen and oxygen atoms in total. The molecular weight excluding hydrogens is 562 g/mol. The van der Waals surface area contributed by atoms with Crippen molar-refractivity contribution >= 4 is 46.9 Å². The van der Waals surface area contributed by atoms with Crippen LogP contribution in [-0.4, -0.2) is 64.4 Å². The fraction of sp³-hybridized carbons (Fsp3) is 0.586. The highest BCUT2D eigenvalue weighted by Crippen LogP contribution is 2.35. The number of aromatic amines is 1. The molecule has 0 bridgehead atoms. The van der Waals surface area contributed by atoms with Crippen molar-refractivity contribution in [3.63, 3.8) is 0 Å². The van der Waals surface area contributed by atoms with Crippen LogP contribution in [0.15, 0.2) is 10.9 Å². The molecule has 4 rings (SSSR count). The van der Waals surface area contributed by atoms with Crippen molar-refractivity contribution in [3.05, 3.63) is 37.3 Å². The summed E-state index contributed by atoms with van der Waals surface area (Å²) < 4.78 is 10.2. The van der Waals surface area contributed by atoms with Gasteiger partial charge in [-0.05, 0) is 51.5 Å². The summed E-state index contributed by atoms with van der Waals surface area (Å²) in [6, 6.07) is 1.03. The van der Waals surface area contributed by atoms with Gasteiger partial charge in [0, 0.05) is 28.1 Å². The van der Waals surface area contributed by atoms with E-state index in [0.717, 1.165) is 22.6 Å². The van der Waals surface area contributed by atoms with Gasteiger partial charge in [-0.2, -0.15) is 4.98 Å². The van der Waals surface area contributed by atoms with E-state index in [1.54, 1.807) is 46.0 Å². The maximum absolute atomic E-state index is 13.3. The Labute approximate surface area is 248 Å². The molecule has 2 aromatic heterocycles. The molecule has 2 aliphatic heterocycles. The van der Waals surface area contributed by atoms with E-state index >= 15 is 0 Å². The van der Waals surface area contributed by atoms with Gasteiger partial charge in [-0.25, -0.2) is 4.79 Å². The fourth-order valence-corrected chi connectivity index (χ4v) is 6.18. The van der Waals surface area contributed by atoms with Crippen molar-refractivity contribution in [1.82, 2.24) is 14.9 Å². The van der Waals surface area contributed by atoms with Crippen LogP contribution in [0.3, 0.4) is 0 Å². The number of anilines is 2. The summed E-state index contributed by atoms with van der Waals surface area (Å²) in [6.07, 6.45) is 2.25. The van der Waals surface area contributed by atoms with E-state index < -0.39 is 23.4 Å². The van der Waals surface area contributed by atoms with Crippen molar-refractivity contribution in [2.45, 2.75) is 79.3 Å². The van der Waals surface area contributed by atoms with Gasteiger partial charge in [-0.3, -0.25) is 29.5 Å². The predicted molar refractivity (Wildman–Crippen MR) is 157 cm³/mol. The van der Waals surface area contributed by atoms with Crippen LogP contribution < -0.4 is 16.2 Å². The number of carbonyl (C=O) groups is 4. The second kappa shape index (κ2) is 13.1. The first kappa shape index (κ1) is 31.2. The standard InChI is InChI=1S/C29H39N5O7S/c1-6-40-22(35)11-10-20(26(38)41-7-2)34-15-21-18(25(34)37)13-17(42-21)9-8-16-12-19-23(30-14-16)31-28(32-24(19)36)33-27(39)29(3,4)5/h13,16,20H,6-12,14-15H2,1-5H3,(H3,30,31,32,33,36,39)/t16?,20-/m0/s1. The summed E-state index contributed by atoms with van der Waals surface area (Å²) in [7, 11) is 0. The van der Waals surface area contributed by atoms with Gasteiger partial charge in [-0.15, -0.1) is 11.3 Å². The monoisotopic (exact) mass is 601 g/mol. The van der Waals surface area contributed by atoms with E-state index in [0.29, 0.717) is 36.5 Å². The maximum Gasteiger partial charge on any atom is 0.328 e. The molecule has 0 aromatic carbocycles. The van der Waals surface area contributed by atoms with Crippen molar-refractivity contribution in [2.24, 2.45) is 11.3 Å². The van der Waals surface area contributed by atoms with Crippen LogP contribution in [0.25, 0.3) is 0 Å². The summed E-state index contributed by atoms with van der Waals surface area (Å²) in [5.41, 5.74) is 0.247. The van der Waals surface area contributed by atoms with Gasteiger partial charge in [0.25, 0.3) is 11.5 Å². The third-order valence-corrected chi connectivity index (χ3v) is 8.49. The number of thiophene rings is 1. The molecule has 2 atom stereocenters. The molecule has 13 heteroatoms. The molecule has 4 heterocycles.